The fraction of sp³-hybridized carbons (Fsp3) is 0.364. The molecule has 0 amide bonds. The van der Waals surface area contributed by atoms with Crippen LogP contribution in [0.1, 0.15) is 12.0 Å². The van der Waals surface area contributed by atoms with E-state index in [1.807, 2.05) is 0 Å². The SMILES string of the molecule is COc1cc(O)ccc1C1(C(=O)O)CC1(F)F. The summed E-state index contributed by atoms with van der Waals surface area (Å²) in [5.74, 6) is -5.10. The van der Waals surface area contributed by atoms with Crippen molar-refractivity contribution in [2.24, 2.45) is 0 Å². The van der Waals surface area contributed by atoms with Crippen LogP contribution < -0.4 is 4.74 Å². The number of phenolic OH excluding ortho intramolecular Hbond substituents is 1. The molecule has 4 nitrogen and oxygen atoms in total. The van der Waals surface area contributed by atoms with Gasteiger partial charge >= 0.3 is 5.97 Å². The summed E-state index contributed by atoms with van der Waals surface area (Å²) in [7, 11) is 1.23. The monoisotopic (exact) mass is 244 g/mol. The zero-order valence-corrected chi connectivity index (χ0v) is 8.91. The van der Waals surface area contributed by atoms with E-state index < -0.39 is 23.7 Å². The summed E-state index contributed by atoms with van der Waals surface area (Å²) < 4.78 is 31.5. The van der Waals surface area contributed by atoms with E-state index in [1.165, 1.54) is 7.11 Å². The van der Waals surface area contributed by atoms with Crippen molar-refractivity contribution < 1.29 is 28.5 Å². The van der Waals surface area contributed by atoms with Crippen molar-refractivity contribution in [2.75, 3.05) is 7.11 Å². The Labute approximate surface area is 95.4 Å². The zero-order valence-electron chi connectivity index (χ0n) is 8.91. The number of carboxylic acid groups (broad SMARTS) is 1. The highest BCUT2D eigenvalue weighted by Crippen LogP contribution is 2.63. The number of alkyl halides is 2. The fourth-order valence-electron chi connectivity index (χ4n) is 1.96. The molecule has 1 atom stereocenters. The van der Waals surface area contributed by atoms with Gasteiger partial charge in [-0.2, -0.15) is 0 Å². The van der Waals surface area contributed by atoms with E-state index in [-0.39, 0.29) is 17.1 Å². The second-order valence-electron chi connectivity index (χ2n) is 3.98. The second-order valence-corrected chi connectivity index (χ2v) is 3.98. The fourth-order valence-corrected chi connectivity index (χ4v) is 1.96. The lowest BCUT2D eigenvalue weighted by atomic mass is 9.94. The largest absolute Gasteiger partial charge is 0.508 e. The summed E-state index contributed by atoms with van der Waals surface area (Å²) in [5, 5.41) is 18.2. The number of rotatable bonds is 3. The molecule has 0 bridgehead atoms. The molecule has 1 aliphatic carbocycles. The van der Waals surface area contributed by atoms with Gasteiger partial charge in [-0.1, -0.05) is 6.07 Å². The van der Waals surface area contributed by atoms with Crippen LogP contribution >= 0.6 is 0 Å². The third kappa shape index (κ3) is 1.44. The molecule has 2 rings (SSSR count). The summed E-state index contributed by atoms with van der Waals surface area (Å²) in [4.78, 5) is 11.1. The molecule has 1 aromatic rings. The quantitative estimate of drug-likeness (QED) is 0.850. The predicted octanol–water partition coefficient (Wildman–Crippen LogP) is 1.76. The predicted molar refractivity (Wildman–Crippen MR) is 53.5 cm³/mol. The number of aliphatic carboxylic acids is 1. The lowest BCUT2D eigenvalue weighted by Crippen LogP contribution is -2.27. The van der Waals surface area contributed by atoms with Crippen LogP contribution in [0.2, 0.25) is 0 Å². The van der Waals surface area contributed by atoms with E-state index in [2.05, 4.69) is 0 Å². The van der Waals surface area contributed by atoms with E-state index in [1.54, 1.807) is 0 Å². The average molecular weight is 244 g/mol. The first-order valence-corrected chi connectivity index (χ1v) is 4.84. The molecule has 1 aromatic carbocycles. The first-order valence-electron chi connectivity index (χ1n) is 4.84. The molecule has 2 N–H and O–H groups in total. The topological polar surface area (TPSA) is 66.8 Å². The number of halogens is 2. The second kappa shape index (κ2) is 3.32. The summed E-state index contributed by atoms with van der Waals surface area (Å²) in [6.07, 6.45) is -0.754. The van der Waals surface area contributed by atoms with Gasteiger partial charge < -0.3 is 14.9 Å². The third-order valence-corrected chi connectivity index (χ3v) is 3.00. The molecule has 92 valence electrons. The molecular weight excluding hydrogens is 234 g/mol. The van der Waals surface area contributed by atoms with Crippen LogP contribution in [0.5, 0.6) is 11.5 Å². The molecule has 0 saturated heterocycles. The van der Waals surface area contributed by atoms with Crippen LogP contribution in [0, 0.1) is 0 Å². The summed E-state index contributed by atoms with van der Waals surface area (Å²) >= 11 is 0. The molecule has 0 aromatic heterocycles. The number of carboxylic acids is 1. The van der Waals surface area contributed by atoms with Gasteiger partial charge in [0.2, 0.25) is 0 Å². The first kappa shape index (κ1) is 11.6. The number of hydrogen-bond donors (Lipinski definition) is 2. The molecule has 0 spiro atoms. The zero-order chi connectivity index (χ0) is 12.8. The highest BCUT2D eigenvalue weighted by molar-refractivity contribution is 5.88. The van der Waals surface area contributed by atoms with Gasteiger partial charge in [0.15, 0.2) is 5.41 Å². The van der Waals surface area contributed by atoms with Crippen molar-refractivity contribution in [1.29, 1.82) is 0 Å². The van der Waals surface area contributed by atoms with Crippen molar-refractivity contribution in [3.05, 3.63) is 23.8 Å². The minimum absolute atomic E-state index is 0.0513. The van der Waals surface area contributed by atoms with E-state index in [0.717, 1.165) is 18.2 Å². The lowest BCUT2D eigenvalue weighted by molar-refractivity contribution is -0.143. The van der Waals surface area contributed by atoms with Gasteiger partial charge in [-0.25, -0.2) is 8.78 Å². The van der Waals surface area contributed by atoms with Crippen molar-refractivity contribution >= 4 is 5.97 Å². The number of ether oxygens (including phenoxy) is 1. The molecule has 0 heterocycles. The van der Waals surface area contributed by atoms with Gasteiger partial charge in [0.05, 0.1) is 7.11 Å². The summed E-state index contributed by atoms with van der Waals surface area (Å²) in [6, 6.07) is 3.44. The standard InChI is InChI=1S/C11H10F2O4/c1-17-8-4-6(14)2-3-7(8)10(9(15)16)5-11(10,12)13/h2-4,14H,5H2,1H3,(H,15,16). The molecule has 6 heteroatoms. The molecular formula is C11H10F2O4. The van der Waals surface area contributed by atoms with Crippen LogP contribution in [-0.2, 0) is 10.2 Å². The highest BCUT2D eigenvalue weighted by Gasteiger charge is 2.78. The number of phenols is 1. The summed E-state index contributed by atoms with van der Waals surface area (Å²) in [5.41, 5.74) is -2.35. The Bertz CT molecular complexity index is 486. The Hall–Kier alpha value is -1.85. The van der Waals surface area contributed by atoms with Gasteiger partial charge in [-0.3, -0.25) is 4.79 Å². The summed E-state index contributed by atoms with van der Waals surface area (Å²) in [6.45, 7) is 0. The molecule has 1 saturated carbocycles. The lowest BCUT2D eigenvalue weighted by Gasteiger charge is -2.15. The maximum absolute atomic E-state index is 13.3. The van der Waals surface area contributed by atoms with Gasteiger partial charge in [0.1, 0.15) is 11.5 Å². The minimum atomic E-state index is -3.29. The maximum Gasteiger partial charge on any atom is 0.320 e. The van der Waals surface area contributed by atoms with E-state index in [0.29, 0.717) is 0 Å². The molecule has 1 fully saturated rings. The number of carbonyl (C=O) groups is 1. The highest BCUT2D eigenvalue weighted by atomic mass is 19.3. The molecule has 1 aliphatic rings. The number of methoxy groups -OCH3 is 1. The molecule has 1 unspecified atom stereocenters. The Morgan fingerprint density at radius 1 is 1.47 bits per heavy atom. The van der Waals surface area contributed by atoms with Crippen LogP contribution in [0.25, 0.3) is 0 Å². The van der Waals surface area contributed by atoms with E-state index in [4.69, 9.17) is 9.84 Å². The van der Waals surface area contributed by atoms with Gasteiger partial charge in [-0.05, 0) is 6.07 Å². The Balaban J connectivity index is 2.57. The normalized spacial score (nSPS) is 25.4. The minimum Gasteiger partial charge on any atom is -0.508 e. The van der Waals surface area contributed by atoms with Crippen LogP contribution in [0.15, 0.2) is 18.2 Å². The third-order valence-electron chi connectivity index (χ3n) is 3.00. The van der Waals surface area contributed by atoms with Crippen molar-refractivity contribution in [3.8, 4) is 11.5 Å². The van der Waals surface area contributed by atoms with Crippen LogP contribution in [-0.4, -0.2) is 29.2 Å². The number of aromatic hydroxyl groups is 1. The van der Waals surface area contributed by atoms with E-state index >= 15 is 0 Å². The maximum atomic E-state index is 13.3. The van der Waals surface area contributed by atoms with Crippen molar-refractivity contribution in [2.45, 2.75) is 17.8 Å². The van der Waals surface area contributed by atoms with E-state index in [9.17, 15) is 18.7 Å². The van der Waals surface area contributed by atoms with Gasteiger partial charge in [-0.15, -0.1) is 0 Å². The number of benzene rings is 1. The van der Waals surface area contributed by atoms with Crippen molar-refractivity contribution in [1.82, 2.24) is 0 Å². The average Bonchev–Trinajstić information content (AvgIpc) is 2.83. The smallest absolute Gasteiger partial charge is 0.320 e. The molecule has 0 radical (unpaired) electrons. The number of hydrogen-bond acceptors (Lipinski definition) is 3. The van der Waals surface area contributed by atoms with Crippen molar-refractivity contribution in [3.63, 3.8) is 0 Å². The van der Waals surface area contributed by atoms with Gasteiger partial charge in [0, 0.05) is 18.1 Å². The Morgan fingerprint density at radius 3 is 2.47 bits per heavy atom. The van der Waals surface area contributed by atoms with Crippen LogP contribution in [0.3, 0.4) is 0 Å². The Morgan fingerprint density at radius 2 is 2.06 bits per heavy atom. The molecule has 0 aliphatic heterocycles. The van der Waals surface area contributed by atoms with Gasteiger partial charge in [0.25, 0.3) is 5.92 Å². The first-order chi connectivity index (χ1) is 7.85. The van der Waals surface area contributed by atoms with Crippen LogP contribution in [0.4, 0.5) is 8.78 Å². The Kier molecular flexibility index (Phi) is 2.27. The molecule has 17 heavy (non-hydrogen) atoms.